The van der Waals surface area contributed by atoms with Crippen molar-refractivity contribution in [3.63, 3.8) is 0 Å². The molecule has 2 nitrogen and oxygen atoms in total. The Morgan fingerprint density at radius 1 is 0.759 bits per heavy atom. The zero-order valence-corrected chi connectivity index (χ0v) is 25.5. The van der Waals surface area contributed by atoms with E-state index >= 15 is 0 Å². The van der Waals surface area contributed by atoms with E-state index < -0.39 is 0 Å². The zero-order valence-electron chi connectivity index (χ0n) is 16.0. The highest BCUT2D eigenvalue weighted by molar-refractivity contribution is 9.12. The summed E-state index contributed by atoms with van der Waals surface area (Å²) in [7, 11) is 0. The number of ether oxygens (including phenoxy) is 2. The molecule has 0 spiro atoms. The first-order valence-electron chi connectivity index (χ1n) is 8.94. The standard InChI is InChI=1S/C21H22Br6O2/c1-21(2,13-3-5-19(17(26)7-13)28-11-15(24)9-22)14-4-6-20(18(27)8-14)29-12-16(25)10-23/h3-8,15-16H,9-12H2,1-2H3. The van der Waals surface area contributed by atoms with Gasteiger partial charge < -0.3 is 9.47 Å². The maximum atomic E-state index is 5.90. The van der Waals surface area contributed by atoms with Crippen LogP contribution in [0.4, 0.5) is 0 Å². The topological polar surface area (TPSA) is 18.5 Å². The number of hydrogen-bond acceptors (Lipinski definition) is 2. The molecule has 0 saturated heterocycles. The van der Waals surface area contributed by atoms with E-state index in [-0.39, 0.29) is 15.1 Å². The average Bonchev–Trinajstić information content (AvgIpc) is 2.71. The number of hydrogen-bond donors (Lipinski definition) is 0. The van der Waals surface area contributed by atoms with Gasteiger partial charge in [0.15, 0.2) is 0 Å². The smallest absolute Gasteiger partial charge is 0.133 e. The van der Waals surface area contributed by atoms with E-state index in [9.17, 15) is 0 Å². The third kappa shape index (κ3) is 7.48. The predicted molar refractivity (Wildman–Crippen MR) is 144 cm³/mol. The van der Waals surface area contributed by atoms with E-state index in [2.05, 4.69) is 134 Å². The maximum Gasteiger partial charge on any atom is 0.133 e. The molecule has 2 unspecified atom stereocenters. The van der Waals surface area contributed by atoms with Crippen molar-refractivity contribution in [3.8, 4) is 11.5 Å². The van der Waals surface area contributed by atoms with Crippen LogP contribution in [0.2, 0.25) is 0 Å². The van der Waals surface area contributed by atoms with Gasteiger partial charge in [0.1, 0.15) is 24.7 Å². The van der Waals surface area contributed by atoms with Crippen molar-refractivity contribution < 1.29 is 9.47 Å². The maximum absolute atomic E-state index is 5.90. The number of halogens is 6. The van der Waals surface area contributed by atoms with E-state index in [1.807, 2.05) is 12.1 Å². The Labute approximate surface area is 223 Å². The van der Waals surface area contributed by atoms with Crippen LogP contribution in [-0.2, 0) is 5.41 Å². The molecule has 29 heavy (non-hydrogen) atoms. The van der Waals surface area contributed by atoms with E-state index in [0.717, 1.165) is 31.1 Å². The molecule has 0 saturated carbocycles. The van der Waals surface area contributed by atoms with Crippen LogP contribution < -0.4 is 9.47 Å². The lowest BCUT2D eigenvalue weighted by molar-refractivity contribution is 0.323. The van der Waals surface area contributed by atoms with Gasteiger partial charge in [0.25, 0.3) is 0 Å². The van der Waals surface area contributed by atoms with E-state index in [0.29, 0.717) is 13.2 Å². The Hall–Kier alpha value is 0.920. The summed E-state index contributed by atoms with van der Waals surface area (Å²) in [5, 5.41) is 1.69. The van der Waals surface area contributed by atoms with Gasteiger partial charge in [0.2, 0.25) is 0 Å². The number of alkyl halides is 4. The SMILES string of the molecule is CC(C)(c1ccc(OCC(Br)CBr)c(Br)c1)c1ccc(OCC(Br)CBr)c(Br)c1. The normalized spacial score (nSPS) is 13.8. The van der Waals surface area contributed by atoms with E-state index in [4.69, 9.17) is 9.47 Å². The van der Waals surface area contributed by atoms with Gasteiger partial charge in [-0.05, 0) is 67.3 Å². The summed E-state index contributed by atoms with van der Waals surface area (Å²) in [6.07, 6.45) is 0. The summed E-state index contributed by atoms with van der Waals surface area (Å²) in [5.74, 6) is 1.69. The monoisotopic (exact) mass is 780 g/mol. The largest absolute Gasteiger partial charge is 0.491 e. The molecule has 0 aliphatic heterocycles. The van der Waals surface area contributed by atoms with Gasteiger partial charge in [-0.1, -0.05) is 89.7 Å². The van der Waals surface area contributed by atoms with Crippen molar-refractivity contribution in [1.82, 2.24) is 0 Å². The highest BCUT2D eigenvalue weighted by Gasteiger charge is 2.25. The minimum absolute atomic E-state index is 0.177. The number of benzene rings is 2. The summed E-state index contributed by atoms with van der Waals surface area (Å²) in [4.78, 5) is 0.552. The molecule has 8 heteroatoms. The van der Waals surface area contributed by atoms with Crippen LogP contribution in [-0.4, -0.2) is 33.5 Å². The fourth-order valence-electron chi connectivity index (χ4n) is 2.63. The van der Waals surface area contributed by atoms with Crippen molar-refractivity contribution in [3.05, 3.63) is 56.5 Å². The second-order valence-corrected chi connectivity index (χ2v) is 12.6. The highest BCUT2D eigenvalue weighted by atomic mass is 79.9. The number of rotatable bonds is 10. The molecule has 160 valence electrons. The zero-order chi connectivity index (χ0) is 21.6. The average molecular weight is 786 g/mol. The van der Waals surface area contributed by atoms with Crippen LogP contribution in [0.15, 0.2) is 45.3 Å². The molecule has 2 aromatic rings. The van der Waals surface area contributed by atoms with Crippen molar-refractivity contribution in [1.29, 1.82) is 0 Å². The summed E-state index contributed by atoms with van der Waals surface area (Å²) in [5.41, 5.74) is 2.23. The predicted octanol–water partition coefficient (Wildman–Crippen LogP) is 8.61. The molecule has 0 fully saturated rings. The van der Waals surface area contributed by atoms with Crippen LogP contribution in [0.3, 0.4) is 0 Å². The van der Waals surface area contributed by atoms with Gasteiger partial charge in [-0.2, -0.15) is 0 Å². The molecular weight excluding hydrogens is 764 g/mol. The van der Waals surface area contributed by atoms with Gasteiger partial charge in [0, 0.05) is 16.1 Å². The van der Waals surface area contributed by atoms with Crippen LogP contribution in [0.5, 0.6) is 11.5 Å². The van der Waals surface area contributed by atoms with Crippen molar-refractivity contribution in [2.24, 2.45) is 0 Å². The van der Waals surface area contributed by atoms with Crippen LogP contribution in [0.25, 0.3) is 0 Å². The second kappa shape index (κ2) is 12.2. The van der Waals surface area contributed by atoms with Gasteiger partial charge in [-0.15, -0.1) is 0 Å². The molecule has 0 N–H and O–H groups in total. The van der Waals surface area contributed by atoms with Crippen LogP contribution in [0, 0.1) is 0 Å². The summed E-state index contributed by atoms with van der Waals surface area (Å²) in [6.45, 7) is 5.64. The molecule has 0 heterocycles. The summed E-state index contributed by atoms with van der Waals surface area (Å²) < 4.78 is 13.7. The van der Waals surface area contributed by atoms with Crippen LogP contribution in [0.1, 0.15) is 25.0 Å². The van der Waals surface area contributed by atoms with Crippen molar-refractivity contribution in [2.45, 2.75) is 28.9 Å². The minimum Gasteiger partial charge on any atom is -0.491 e. The lowest BCUT2D eigenvalue weighted by atomic mass is 9.78. The van der Waals surface area contributed by atoms with Crippen molar-refractivity contribution in [2.75, 3.05) is 23.9 Å². The molecule has 0 amide bonds. The van der Waals surface area contributed by atoms with Gasteiger partial charge in [-0.25, -0.2) is 0 Å². The third-order valence-corrected chi connectivity index (χ3v) is 10.2. The lowest BCUT2D eigenvalue weighted by Gasteiger charge is -2.27. The Kier molecular flexibility index (Phi) is 11.0. The summed E-state index contributed by atoms with van der Waals surface area (Å²) in [6, 6.07) is 12.6. The lowest BCUT2D eigenvalue weighted by Crippen LogP contribution is -2.19. The Morgan fingerprint density at radius 3 is 1.45 bits per heavy atom. The Bertz CT molecular complexity index is 746. The molecule has 0 aliphatic carbocycles. The van der Waals surface area contributed by atoms with Gasteiger partial charge in [0.05, 0.1) is 18.6 Å². The molecule has 0 bridgehead atoms. The van der Waals surface area contributed by atoms with Crippen molar-refractivity contribution >= 4 is 95.6 Å². The molecule has 0 aliphatic rings. The fourth-order valence-corrected chi connectivity index (χ4v) is 4.25. The Morgan fingerprint density at radius 2 is 1.14 bits per heavy atom. The summed E-state index contributed by atoms with van der Waals surface area (Å²) >= 11 is 21.3. The van der Waals surface area contributed by atoms with E-state index in [1.54, 1.807) is 0 Å². The second-order valence-electron chi connectivity index (χ2n) is 7.04. The molecular formula is C21H22Br6O2. The first-order chi connectivity index (χ1) is 13.7. The molecule has 2 aromatic carbocycles. The fraction of sp³-hybridized carbons (Fsp3) is 0.429. The first-order valence-corrected chi connectivity index (χ1v) is 14.6. The molecule has 2 atom stereocenters. The quantitative estimate of drug-likeness (QED) is 0.225. The van der Waals surface area contributed by atoms with Gasteiger partial charge >= 0.3 is 0 Å². The third-order valence-electron chi connectivity index (χ3n) is 4.48. The van der Waals surface area contributed by atoms with E-state index in [1.165, 1.54) is 11.1 Å². The highest BCUT2D eigenvalue weighted by Crippen LogP contribution is 2.38. The molecule has 2 rings (SSSR count). The first kappa shape index (κ1) is 26.2. The van der Waals surface area contributed by atoms with Crippen LogP contribution >= 0.6 is 95.6 Å². The molecule has 0 radical (unpaired) electrons. The molecule has 0 aromatic heterocycles. The van der Waals surface area contributed by atoms with Gasteiger partial charge in [-0.3, -0.25) is 0 Å². The Balaban J connectivity index is 2.19. The minimum atomic E-state index is -0.177.